The van der Waals surface area contributed by atoms with E-state index in [1.165, 1.54) is 7.11 Å². The van der Waals surface area contributed by atoms with E-state index < -0.39 is 12.1 Å². The molecule has 0 bridgehead atoms. The van der Waals surface area contributed by atoms with Gasteiger partial charge in [-0.05, 0) is 12.1 Å². The summed E-state index contributed by atoms with van der Waals surface area (Å²) in [6.07, 6.45) is 3.27. The van der Waals surface area contributed by atoms with Gasteiger partial charge in [0.2, 0.25) is 0 Å². The molecular weight excluding hydrogens is 272 g/mol. The largest absolute Gasteiger partial charge is 0.497 e. The Labute approximate surface area is 121 Å². The van der Waals surface area contributed by atoms with Gasteiger partial charge < -0.3 is 10.1 Å². The quantitative estimate of drug-likeness (QED) is 0.861. The Hall–Kier alpha value is -2.83. The first-order valence-corrected chi connectivity index (χ1v) is 6.37. The zero-order valence-corrected chi connectivity index (χ0v) is 11.6. The van der Waals surface area contributed by atoms with E-state index >= 15 is 0 Å². The SMILES string of the molecule is COc1cccc(N2C(=O)NC(c3cnn(C)c3)C2=O)c1. The summed E-state index contributed by atoms with van der Waals surface area (Å²) in [5, 5.41) is 6.68. The van der Waals surface area contributed by atoms with Crippen molar-refractivity contribution in [2.45, 2.75) is 6.04 Å². The Morgan fingerprint density at radius 2 is 2.14 bits per heavy atom. The summed E-state index contributed by atoms with van der Waals surface area (Å²) >= 11 is 0. The maximum absolute atomic E-state index is 12.5. The highest BCUT2D eigenvalue weighted by Crippen LogP contribution is 2.28. The van der Waals surface area contributed by atoms with Gasteiger partial charge in [0, 0.05) is 24.9 Å². The van der Waals surface area contributed by atoms with Gasteiger partial charge in [-0.15, -0.1) is 0 Å². The molecule has 0 saturated carbocycles. The molecule has 1 aromatic heterocycles. The van der Waals surface area contributed by atoms with Crippen LogP contribution in [0.15, 0.2) is 36.7 Å². The van der Waals surface area contributed by atoms with Gasteiger partial charge in [-0.2, -0.15) is 5.10 Å². The molecule has 7 heteroatoms. The first-order valence-electron chi connectivity index (χ1n) is 6.37. The van der Waals surface area contributed by atoms with Gasteiger partial charge in [-0.1, -0.05) is 6.07 Å². The Kier molecular flexibility index (Phi) is 3.09. The van der Waals surface area contributed by atoms with Crippen LogP contribution in [0.1, 0.15) is 11.6 Å². The van der Waals surface area contributed by atoms with Crippen LogP contribution in [-0.4, -0.2) is 28.8 Å². The van der Waals surface area contributed by atoms with Crippen molar-refractivity contribution < 1.29 is 14.3 Å². The van der Waals surface area contributed by atoms with Crippen LogP contribution in [0.3, 0.4) is 0 Å². The standard InChI is InChI=1S/C14H14N4O3/c1-17-8-9(7-15-17)12-13(19)18(14(20)16-12)10-4-3-5-11(6-10)21-2/h3-8,12H,1-2H3,(H,16,20). The minimum Gasteiger partial charge on any atom is -0.497 e. The summed E-state index contributed by atoms with van der Waals surface area (Å²) in [6, 6.07) is 5.64. The number of imide groups is 1. The van der Waals surface area contributed by atoms with Gasteiger partial charge in [0.25, 0.3) is 5.91 Å². The third kappa shape index (κ3) is 2.22. The van der Waals surface area contributed by atoms with E-state index in [2.05, 4.69) is 10.4 Å². The number of aryl methyl sites for hydroxylation is 1. The van der Waals surface area contributed by atoms with Crippen LogP contribution >= 0.6 is 0 Å². The van der Waals surface area contributed by atoms with Crippen molar-refractivity contribution in [1.82, 2.24) is 15.1 Å². The van der Waals surface area contributed by atoms with Crippen LogP contribution in [0.25, 0.3) is 0 Å². The lowest BCUT2D eigenvalue weighted by molar-refractivity contribution is -0.118. The predicted octanol–water partition coefficient (Wildman–Crippen LogP) is 1.23. The number of nitrogens with zero attached hydrogens (tertiary/aromatic N) is 3. The molecule has 1 saturated heterocycles. The Morgan fingerprint density at radius 3 is 2.81 bits per heavy atom. The summed E-state index contributed by atoms with van der Waals surface area (Å²) in [5.41, 5.74) is 1.13. The van der Waals surface area contributed by atoms with Gasteiger partial charge in [-0.25, -0.2) is 9.69 Å². The highest BCUT2D eigenvalue weighted by atomic mass is 16.5. The Bertz CT molecular complexity index is 710. The molecule has 1 atom stereocenters. The molecule has 1 unspecified atom stereocenters. The zero-order chi connectivity index (χ0) is 15.0. The Balaban J connectivity index is 1.93. The number of amides is 3. The highest BCUT2D eigenvalue weighted by molar-refractivity contribution is 6.21. The van der Waals surface area contributed by atoms with E-state index in [1.807, 2.05) is 0 Å². The number of urea groups is 1. The second-order valence-electron chi connectivity index (χ2n) is 4.70. The normalized spacial score (nSPS) is 18.0. The monoisotopic (exact) mass is 286 g/mol. The first-order chi connectivity index (χ1) is 10.1. The number of nitrogens with one attached hydrogen (secondary N) is 1. The Morgan fingerprint density at radius 1 is 1.33 bits per heavy atom. The molecular formula is C14H14N4O3. The molecule has 0 spiro atoms. The molecule has 1 aromatic carbocycles. The third-order valence-electron chi connectivity index (χ3n) is 3.31. The highest BCUT2D eigenvalue weighted by Gasteiger charge is 2.40. The molecule has 21 heavy (non-hydrogen) atoms. The molecule has 1 N–H and O–H groups in total. The van der Waals surface area contributed by atoms with E-state index in [0.717, 1.165) is 4.90 Å². The minimum atomic E-state index is -0.711. The van der Waals surface area contributed by atoms with Crippen molar-refractivity contribution >= 4 is 17.6 Å². The fourth-order valence-electron chi connectivity index (χ4n) is 2.29. The number of carbonyl (C=O) groups is 2. The zero-order valence-electron chi connectivity index (χ0n) is 11.6. The molecule has 2 aromatic rings. The topological polar surface area (TPSA) is 76.5 Å². The van der Waals surface area contributed by atoms with Gasteiger partial charge in [0.1, 0.15) is 11.8 Å². The van der Waals surface area contributed by atoms with Crippen molar-refractivity contribution in [1.29, 1.82) is 0 Å². The molecule has 3 rings (SSSR count). The average molecular weight is 286 g/mol. The van der Waals surface area contributed by atoms with Crippen LogP contribution in [0.4, 0.5) is 10.5 Å². The van der Waals surface area contributed by atoms with Gasteiger partial charge in [0.15, 0.2) is 0 Å². The van der Waals surface area contributed by atoms with Crippen LogP contribution in [0, 0.1) is 0 Å². The number of anilines is 1. The lowest BCUT2D eigenvalue weighted by Gasteiger charge is -2.13. The molecule has 1 aliphatic heterocycles. The lowest BCUT2D eigenvalue weighted by atomic mass is 10.1. The summed E-state index contributed by atoms with van der Waals surface area (Å²) in [6.45, 7) is 0. The van der Waals surface area contributed by atoms with Crippen LogP contribution in [-0.2, 0) is 11.8 Å². The number of methoxy groups -OCH3 is 1. The molecule has 1 aliphatic rings. The molecule has 0 aliphatic carbocycles. The fraction of sp³-hybridized carbons (Fsp3) is 0.214. The molecule has 3 amide bonds. The molecule has 7 nitrogen and oxygen atoms in total. The van der Waals surface area contributed by atoms with Crippen LogP contribution in [0.2, 0.25) is 0 Å². The van der Waals surface area contributed by atoms with E-state index in [1.54, 1.807) is 48.4 Å². The van der Waals surface area contributed by atoms with Crippen molar-refractivity contribution in [2.24, 2.45) is 7.05 Å². The number of benzene rings is 1. The third-order valence-corrected chi connectivity index (χ3v) is 3.31. The summed E-state index contributed by atoms with van der Waals surface area (Å²) in [4.78, 5) is 25.7. The minimum absolute atomic E-state index is 0.332. The van der Waals surface area contributed by atoms with E-state index in [0.29, 0.717) is 17.0 Å². The van der Waals surface area contributed by atoms with E-state index in [4.69, 9.17) is 4.74 Å². The number of aromatic nitrogens is 2. The van der Waals surface area contributed by atoms with Crippen LogP contribution in [0.5, 0.6) is 5.75 Å². The number of hydrogen-bond acceptors (Lipinski definition) is 4. The molecule has 108 valence electrons. The van der Waals surface area contributed by atoms with Crippen molar-refractivity contribution in [3.63, 3.8) is 0 Å². The fourth-order valence-corrected chi connectivity index (χ4v) is 2.29. The van der Waals surface area contributed by atoms with Crippen molar-refractivity contribution in [2.75, 3.05) is 12.0 Å². The number of rotatable bonds is 3. The lowest BCUT2D eigenvalue weighted by Crippen LogP contribution is -2.30. The van der Waals surface area contributed by atoms with E-state index in [-0.39, 0.29) is 5.91 Å². The number of hydrogen-bond donors (Lipinski definition) is 1. The molecule has 1 fully saturated rings. The maximum atomic E-state index is 12.5. The smallest absolute Gasteiger partial charge is 0.329 e. The second kappa shape index (κ2) is 4.93. The first kappa shape index (κ1) is 13.2. The van der Waals surface area contributed by atoms with Crippen LogP contribution < -0.4 is 15.0 Å². The number of ether oxygens (including phenoxy) is 1. The second-order valence-corrected chi connectivity index (χ2v) is 4.70. The number of carbonyl (C=O) groups excluding carboxylic acids is 2. The molecule has 0 radical (unpaired) electrons. The van der Waals surface area contributed by atoms with Crippen molar-refractivity contribution in [3.05, 3.63) is 42.2 Å². The summed E-state index contributed by atoms with van der Waals surface area (Å²) in [5.74, 6) is 0.249. The van der Waals surface area contributed by atoms with Crippen molar-refractivity contribution in [3.8, 4) is 5.75 Å². The average Bonchev–Trinajstić information content (AvgIpc) is 3.02. The summed E-state index contributed by atoms with van der Waals surface area (Å²) in [7, 11) is 3.29. The van der Waals surface area contributed by atoms with Gasteiger partial charge in [-0.3, -0.25) is 9.48 Å². The van der Waals surface area contributed by atoms with Gasteiger partial charge >= 0.3 is 6.03 Å². The predicted molar refractivity (Wildman–Crippen MR) is 75.0 cm³/mol. The maximum Gasteiger partial charge on any atom is 0.329 e. The summed E-state index contributed by atoms with van der Waals surface area (Å²) < 4.78 is 6.70. The van der Waals surface area contributed by atoms with Gasteiger partial charge in [0.05, 0.1) is 19.0 Å². The molecule has 2 heterocycles. The van der Waals surface area contributed by atoms with E-state index in [9.17, 15) is 9.59 Å².